The van der Waals surface area contributed by atoms with E-state index in [1.807, 2.05) is 0 Å². The summed E-state index contributed by atoms with van der Waals surface area (Å²) in [6, 6.07) is -0.944. The third kappa shape index (κ3) is 2.57. The topological polar surface area (TPSA) is 98.7 Å². The number of carbonyl (C=O) groups is 3. The number of amides is 3. The van der Waals surface area contributed by atoms with Crippen molar-refractivity contribution in [3.8, 4) is 0 Å². The molecule has 2 fully saturated rings. The molecule has 3 N–H and O–H groups in total. The van der Waals surface area contributed by atoms with Crippen molar-refractivity contribution in [3.63, 3.8) is 0 Å². The summed E-state index contributed by atoms with van der Waals surface area (Å²) >= 11 is 0. The number of nitrogens with zero attached hydrogens (tertiary/aromatic N) is 1. The molecule has 0 bridgehead atoms. The molecule has 0 radical (unpaired) electrons. The molecule has 7 heteroatoms. The van der Waals surface area contributed by atoms with Crippen LogP contribution in [0.2, 0.25) is 0 Å². The normalized spacial score (nSPS) is 24.4. The fourth-order valence-corrected chi connectivity index (χ4v) is 2.81. The first-order valence-electron chi connectivity index (χ1n) is 7.04. The second-order valence-corrected chi connectivity index (χ2v) is 5.49. The molecule has 112 valence electrons. The van der Waals surface area contributed by atoms with Crippen LogP contribution in [0.25, 0.3) is 0 Å². The van der Waals surface area contributed by atoms with E-state index in [2.05, 4.69) is 10.6 Å². The Morgan fingerprint density at radius 1 is 1.20 bits per heavy atom. The smallest absolute Gasteiger partial charge is 0.329 e. The van der Waals surface area contributed by atoms with Gasteiger partial charge in [-0.3, -0.25) is 4.79 Å². The number of aliphatic carboxylic acids is 1. The Hall–Kier alpha value is -1.79. The van der Waals surface area contributed by atoms with Crippen molar-refractivity contribution in [3.05, 3.63) is 0 Å². The van der Waals surface area contributed by atoms with Crippen LogP contribution < -0.4 is 10.6 Å². The molecular formula is C13H21N3O4. The number of carboxylic acid groups (broad SMARTS) is 1. The van der Waals surface area contributed by atoms with E-state index in [1.165, 1.54) is 11.9 Å². The first-order chi connectivity index (χ1) is 9.50. The summed E-state index contributed by atoms with van der Waals surface area (Å²) in [6.45, 7) is 0.486. The van der Waals surface area contributed by atoms with E-state index >= 15 is 0 Å². The number of hydrogen-bond acceptors (Lipinski definition) is 3. The van der Waals surface area contributed by atoms with Gasteiger partial charge < -0.3 is 20.6 Å². The van der Waals surface area contributed by atoms with E-state index < -0.39 is 23.6 Å². The first-order valence-corrected chi connectivity index (χ1v) is 7.04. The Labute approximate surface area is 117 Å². The van der Waals surface area contributed by atoms with Gasteiger partial charge in [0.25, 0.3) is 0 Å². The minimum Gasteiger partial charge on any atom is -0.480 e. The van der Waals surface area contributed by atoms with Crippen LogP contribution in [0.1, 0.15) is 38.5 Å². The van der Waals surface area contributed by atoms with Gasteiger partial charge in [-0.15, -0.1) is 0 Å². The molecule has 20 heavy (non-hydrogen) atoms. The second-order valence-electron chi connectivity index (χ2n) is 5.49. The summed E-state index contributed by atoms with van der Waals surface area (Å²) < 4.78 is 0. The van der Waals surface area contributed by atoms with Gasteiger partial charge in [-0.25, -0.2) is 9.59 Å². The van der Waals surface area contributed by atoms with Crippen LogP contribution in [0.3, 0.4) is 0 Å². The number of likely N-dealkylation sites (N-methyl/N-ethyl adjacent to an activating group) is 1. The lowest BCUT2D eigenvalue weighted by Gasteiger charge is -2.42. The Bertz CT molecular complexity index is 420. The Balaban J connectivity index is 2.06. The van der Waals surface area contributed by atoms with E-state index in [0.717, 1.165) is 19.3 Å². The van der Waals surface area contributed by atoms with Crippen molar-refractivity contribution in [1.29, 1.82) is 0 Å². The van der Waals surface area contributed by atoms with Crippen molar-refractivity contribution >= 4 is 17.9 Å². The molecule has 1 heterocycles. The van der Waals surface area contributed by atoms with Crippen LogP contribution in [-0.2, 0) is 9.59 Å². The van der Waals surface area contributed by atoms with Gasteiger partial charge in [0.15, 0.2) is 0 Å². The lowest BCUT2D eigenvalue weighted by atomic mass is 9.77. The summed E-state index contributed by atoms with van der Waals surface area (Å²) in [5.41, 5.74) is -1.14. The number of urea groups is 1. The number of likely N-dealkylation sites (tertiary alicyclic amines) is 1. The molecule has 0 aromatic rings. The number of nitrogens with one attached hydrogen (secondary N) is 2. The molecule has 0 aromatic carbocycles. The zero-order valence-corrected chi connectivity index (χ0v) is 11.6. The predicted molar refractivity (Wildman–Crippen MR) is 71.2 cm³/mol. The van der Waals surface area contributed by atoms with E-state index in [4.69, 9.17) is 0 Å². The maximum absolute atomic E-state index is 12.3. The summed E-state index contributed by atoms with van der Waals surface area (Å²) in [4.78, 5) is 36.9. The van der Waals surface area contributed by atoms with Gasteiger partial charge in [0.1, 0.15) is 11.6 Å². The Kier molecular flexibility index (Phi) is 4.15. The summed E-state index contributed by atoms with van der Waals surface area (Å²) in [5.74, 6) is -1.19. The van der Waals surface area contributed by atoms with Gasteiger partial charge in [0.05, 0.1) is 0 Å². The molecule has 0 aromatic heterocycles. The van der Waals surface area contributed by atoms with Gasteiger partial charge in [-0.2, -0.15) is 0 Å². The largest absolute Gasteiger partial charge is 0.480 e. The average molecular weight is 283 g/mol. The van der Waals surface area contributed by atoms with Crippen LogP contribution >= 0.6 is 0 Å². The maximum Gasteiger partial charge on any atom is 0.329 e. The molecular weight excluding hydrogens is 262 g/mol. The standard InChI is InChI=1S/C13H21N3O4/c1-14-10(17)9-5-2-3-8-16(9)12(20)15-13(11(18)19)6-4-7-13/h9H,2-8H2,1H3,(H,14,17)(H,15,20)(H,18,19). The molecule has 2 rings (SSSR count). The number of carbonyl (C=O) groups excluding carboxylic acids is 2. The van der Waals surface area contributed by atoms with Crippen LogP contribution in [-0.4, -0.2) is 53.1 Å². The zero-order valence-electron chi connectivity index (χ0n) is 11.6. The maximum atomic E-state index is 12.3. The molecule has 1 atom stereocenters. The second kappa shape index (κ2) is 5.68. The van der Waals surface area contributed by atoms with E-state index in [0.29, 0.717) is 25.8 Å². The molecule has 1 saturated heterocycles. The van der Waals surface area contributed by atoms with Crippen molar-refractivity contribution in [1.82, 2.24) is 15.5 Å². The van der Waals surface area contributed by atoms with Gasteiger partial charge >= 0.3 is 12.0 Å². The van der Waals surface area contributed by atoms with E-state index in [1.54, 1.807) is 0 Å². The summed E-state index contributed by atoms with van der Waals surface area (Å²) in [7, 11) is 1.54. The van der Waals surface area contributed by atoms with Crippen LogP contribution in [0.4, 0.5) is 4.79 Å². The highest BCUT2D eigenvalue weighted by molar-refractivity contribution is 5.90. The third-order valence-electron chi connectivity index (χ3n) is 4.28. The number of piperidine rings is 1. The van der Waals surface area contributed by atoms with Gasteiger partial charge in [0, 0.05) is 13.6 Å². The highest BCUT2D eigenvalue weighted by Gasteiger charge is 2.47. The monoisotopic (exact) mass is 283 g/mol. The quantitative estimate of drug-likeness (QED) is 0.694. The van der Waals surface area contributed by atoms with Gasteiger partial charge in [-0.1, -0.05) is 0 Å². The van der Waals surface area contributed by atoms with Gasteiger partial charge in [0.2, 0.25) is 5.91 Å². The highest BCUT2D eigenvalue weighted by atomic mass is 16.4. The van der Waals surface area contributed by atoms with Crippen molar-refractivity contribution in [2.75, 3.05) is 13.6 Å². The van der Waals surface area contributed by atoms with E-state index in [9.17, 15) is 19.5 Å². The SMILES string of the molecule is CNC(=O)C1CCCCN1C(=O)NC1(C(=O)O)CCC1. The Morgan fingerprint density at radius 3 is 2.40 bits per heavy atom. The van der Waals surface area contributed by atoms with Crippen LogP contribution in [0.15, 0.2) is 0 Å². The first kappa shape index (κ1) is 14.6. The minimum absolute atomic E-state index is 0.196. The lowest BCUT2D eigenvalue weighted by Crippen LogP contribution is -2.64. The predicted octanol–water partition coefficient (Wildman–Crippen LogP) is 0.304. The number of hydrogen-bond donors (Lipinski definition) is 3. The van der Waals surface area contributed by atoms with Crippen molar-refractivity contribution < 1.29 is 19.5 Å². The number of carboxylic acids is 1. The minimum atomic E-state index is -1.14. The van der Waals surface area contributed by atoms with Crippen LogP contribution in [0, 0.1) is 0 Å². The zero-order chi connectivity index (χ0) is 14.8. The lowest BCUT2D eigenvalue weighted by molar-refractivity contribution is -0.148. The third-order valence-corrected chi connectivity index (χ3v) is 4.28. The fourth-order valence-electron chi connectivity index (χ4n) is 2.81. The van der Waals surface area contributed by atoms with Crippen molar-refractivity contribution in [2.24, 2.45) is 0 Å². The Morgan fingerprint density at radius 2 is 1.90 bits per heavy atom. The summed E-state index contributed by atoms with van der Waals surface area (Å²) in [5, 5.41) is 14.4. The fraction of sp³-hybridized carbons (Fsp3) is 0.769. The molecule has 2 aliphatic rings. The number of rotatable bonds is 3. The van der Waals surface area contributed by atoms with E-state index in [-0.39, 0.29) is 5.91 Å². The molecule has 1 aliphatic heterocycles. The summed E-state index contributed by atoms with van der Waals surface area (Å²) in [6.07, 6.45) is 4.05. The molecule has 0 spiro atoms. The molecule has 1 unspecified atom stereocenters. The molecule has 1 saturated carbocycles. The highest BCUT2D eigenvalue weighted by Crippen LogP contribution is 2.32. The van der Waals surface area contributed by atoms with Crippen molar-refractivity contribution in [2.45, 2.75) is 50.1 Å². The molecule has 1 aliphatic carbocycles. The van der Waals surface area contributed by atoms with Crippen LogP contribution in [0.5, 0.6) is 0 Å². The molecule has 7 nitrogen and oxygen atoms in total. The average Bonchev–Trinajstić information content (AvgIpc) is 2.41. The molecule has 3 amide bonds. The van der Waals surface area contributed by atoms with Gasteiger partial charge in [-0.05, 0) is 38.5 Å².